The van der Waals surface area contributed by atoms with Crippen molar-refractivity contribution < 1.29 is 9.69 Å². The first-order valence-electron chi connectivity index (χ1n) is 6.17. The molecule has 2 rings (SSSR count). The van der Waals surface area contributed by atoms with E-state index in [-0.39, 0.29) is 11.9 Å². The number of hydrogen-bond donors (Lipinski definition) is 2. The van der Waals surface area contributed by atoms with Crippen molar-refractivity contribution in [1.29, 1.82) is 0 Å². The molecule has 3 heteroatoms. The lowest BCUT2D eigenvalue weighted by molar-refractivity contribution is -0.908. The molecule has 2 atom stereocenters. The molecule has 0 aromatic heterocycles. The van der Waals surface area contributed by atoms with Crippen LogP contribution in [-0.2, 0) is 11.3 Å². The van der Waals surface area contributed by atoms with E-state index in [2.05, 4.69) is 30.3 Å². The fourth-order valence-corrected chi connectivity index (χ4v) is 2.07. The second-order valence-electron chi connectivity index (χ2n) is 4.83. The summed E-state index contributed by atoms with van der Waals surface area (Å²) in [4.78, 5) is 12.3. The summed E-state index contributed by atoms with van der Waals surface area (Å²) < 4.78 is 0. The molecular weight excluding hydrogens is 224 g/mol. The van der Waals surface area contributed by atoms with Crippen LogP contribution in [0.15, 0.2) is 42.5 Å². The standard InChI is InChI=1S/C15H18N2O/c1-11(15(16)18)17(2)10-12-7-8-13-5-3-4-6-14(13)9-12/h3-9,11H,10H2,1-2H3,(H2,16,18)/p+1/t11-/m0/s1. The van der Waals surface area contributed by atoms with Crippen LogP contribution in [0, 0.1) is 0 Å². The second kappa shape index (κ2) is 5.19. The third-order valence-electron chi connectivity index (χ3n) is 3.46. The van der Waals surface area contributed by atoms with Gasteiger partial charge in [-0.3, -0.25) is 4.79 Å². The van der Waals surface area contributed by atoms with Crippen molar-refractivity contribution in [2.45, 2.75) is 19.5 Å². The highest BCUT2D eigenvalue weighted by atomic mass is 16.1. The van der Waals surface area contributed by atoms with Gasteiger partial charge in [-0.05, 0) is 23.8 Å². The quantitative estimate of drug-likeness (QED) is 0.817. The van der Waals surface area contributed by atoms with Gasteiger partial charge >= 0.3 is 0 Å². The molecule has 0 radical (unpaired) electrons. The number of nitrogens with two attached hydrogens (primary N) is 1. The van der Waals surface area contributed by atoms with Gasteiger partial charge in [0, 0.05) is 5.56 Å². The average Bonchev–Trinajstić information content (AvgIpc) is 2.37. The predicted octanol–water partition coefficient (Wildman–Crippen LogP) is 0.728. The highest BCUT2D eigenvalue weighted by Gasteiger charge is 2.18. The zero-order chi connectivity index (χ0) is 13.1. The number of rotatable bonds is 4. The Kier molecular flexibility index (Phi) is 3.63. The highest BCUT2D eigenvalue weighted by Crippen LogP contribution is 2.14. The number of amides is 1. The minimum atomic E-state index is -0.256. The Morgan fingerprint density at radius 2 is 1.89 bits per heavy atom. The van der Waals surface area contributed by atoms with Crippen LogP contribution in [-0.4, -0.2) is 19.0 Å². The Hall–Kier alpha value is -1.87. The van der Waals surface area contributed by atoms with Gasteiger partial charge in [-0.1, -0.05) is 36.4 Å². The Bertz CT molecular complexity index is 565. The molecule has 18 heavy (non-hydrogen) atoms. The maximum absolute atomic E-state index is 11.1. The summed E-state index contributed by atoms with van der Waals surface area (Å²) >= 11 is 0. The Morgan fingerprint density at radius 3 is 2.56 bits per heavy atom. The monoisotopic (exact) mass is 243 g/mol. The molecule has 0 saturated carbocycles. The number of likely N-dealkylation sites (N-methyl/N-ethyl adjacent to an activating group) is 1. The van der Waals surface area contributed by atoms with Gasteiger partial charge in [-0.15, -0.1) is 0 Å². The van der Waals surface area contributed by atoms with Crippen LogP contribution in [0.1, 0.15) is 12.5 Å². The number of primary amides is 1. The first kappa shape index (κ1) is 12.6. The van der Waals surface area contributed by atoms with Gasteiger partial charge in [0.05, 0.1) is 7.05 Å². The summed E-state index contributed by atoms with van der Waals surface area (Å²) in [6, 6.07) is 14.5. The molecule has 0 spiro atoms. The third-order valence-corrected chi connectivity index (χ3v) is 3.46. The molecule has 0 aliphatic carbocycles. The Balaban J connectivity index is 2.19. The summed E-state index contributed by atoms with van der Waals surface area (Å²) in [5, 5.41) is 2.47. The summed E-state index contributed by atoms with van der Waals surface area (Å²) in [6.07, 6.45) is 0. The number of carbonyl (C=O) groups excluding carboxylic acids is 1. The van der Waals surface area contributed by atoms with E-state index in [9.17, 15) is 4.79 Å². The minimum absolute atomic E-state index is 0.170. The van der Waals surface area contributed by atoms with E-state index >= 15 is 0 Å². The molecule has 3 N–H and O–H groups in total. The van der Waals surface area contributed by atoms with Crippen molar-refractivity contribution in [3.63, 3.8) is 0 Å². The summed E-state index contributed by atoms with van der Waals surface area (Å²) in [6.45, 7) is 2.66. The maximum Gasteiger partial charge on any atom is 0.275 e. The van der Waals surface area contributed by atoms with Gasteiger partial charge in [0.1, 0.15) is 6.54 Å². The molecule has 0 fully saturated rings. The fourth-order valence-electron chi connectivity index (χ4n) is 2.07. The van der Waals surface area contributed by atoms with Crippen molar-refractivity contribution in [3.8, 4) is 0 Å². The normalized spacial score (nSPS) is 14.3. The first-order valence-corrected chi connectivity index (χ1v) is 6.17. The van der Waals surface area contributed by atoms with Crippen LogP contribution < -0.4 is 10.6 Å². The largest absolute Gasteiger partial charge is 0.365 e. The Morgan fingerprint density at radius 1 is 1.22 bits per heavy atom. The lowest BCUT2D eigenvalue weighted by atomic mass is 10.1. The number of carbonyl (C=O) groups is 1. The van der Waals surface area contributed by atoms with Crippen LogP contribution in [0.2, 0.25) is 0 Å². The molecule has 0 saturated heterocycles. The molecule has 2 aromatic rings. The smallest absolute Gasteiger partial charge is 0.275 e. The lowest BCUT2D eigenvalue weighted by Gasteiger charge is -2.19. The molecule has 0 aliphatic rings. The van der Waals surface area contributed by atoms with E-state index < -0.39 is 0 Å². The van der Waals surface area contributed by atoms with Gasteiger partial charge in [0.15, 0.2) is 6.04 Å². The number of benzene rings is 2. The van der Waals surface area contributed by atoms with Crippen molar-refractivity contribution in [3.05, 3.63) is 48.0 Å². The molecule has 1 amide bonds. The zero-order valence-electron chi connectivity index (χ0n) is 10.8. The van der Waals surface area contributed by atoms with E-state index in [0.29, 0.717) is 0 Å². The van der Waals surface area contributed by atoms with Crippen LogP contribution in [0.25, 0.3) is 10.8 Å². The van der Waals surface area contributed by atoms with Crippen molar-refractivity contribution in [1.82, 2.24) is 0 Å². The van der Waals surface area contributed by atoms with Gasteiger partial charge in [-0.2, -0.15) is 0 Å². The predicted molar refractivity (Wildman–Crippen MR) is 73.2 cm³/mol. The maximum atomic E-state index is 11.1. The van der Waals surface area contributed by atoms with Crippen molar-refractivity contribution in [2.75, 3.05) is 7.05 Å². The van der Waals surface area contributed by atoms with E-state index in [4.69, 9.17) is 5.73 Å². The minimum Gasteiger partial charge on any atom is -0.365 e. The molecule has 2 aromatic carbocycles. The van der Waals surface area contributed by atoms with Crippen molar-refractivity contribution >= 4 is 16.7 Å². The average molecular weight is 243 g/mol. The topological polar surface area (TPSA) is 47.5 Å². The number of fused-ring (bicyclic) bond motifs is 1. The highest BCUT2D eigenvalue weighted by molar-refractivity contribution is 5.83. The number of hydrogen-bond acceptors (Lipinski definition) is 1. The van der Waals surface area contributed by atoms with E-state index in [1.54, 1.807) is 0 Å². The molecule has 1 unspecified atom stereocenters. The summed E-state index contributed by atoms with van der Waals surface area (Å²) in [5.74, 6) is -0.256. The van der Waals surface area contributed by atoms with Gasteiger partial charge in [0.25, 0.3) is 5.91 Å². The molecule has 0 aliphatic heterocycles. The van der Waals surface area contributed by atoms with Gasteiger partial charge in [-0.25, -0.2) is 0 Å². The molecule has 94 valence electrons. The van der Waals surface area contributed by atoms with Crippen LogP contribution >= 0.6 is 0 Å². The lowest BCUT2D eigenvalue weighted by Crippen LogP contribution is -3.12. The molecule has 0 heterocycles. The van der Waals surface area contributed by atoms with Crippen molar-refractivity contribution in [2.24, 2.45) is 5.73 Å². The molecule has 0 bridgehead atoms. The van der Waals surface area contributed by atoms with Crippen LogP contribution in [0.5, 0.6) is 0 Å². The first-order chi connectivity index (χ1) is 8.58. The van der Waals surface area contributed by atoms with Gasteiger partial charge < -0.3 is 10.6 Å². The van der Waals surface area contributed by atoms with E-state index in [1.807, 2.05) is 26.1 Å². The number of quaternary nitrogens is 1. The van der Waals surface area contributed by atoms with Crippen LogP contribution in [0.4, 0.5) is 0 Å². The van der Waals surface area contributed by atoms with E-state index in [1.165, 1.54) is 16.3 Å². The zero-order valence-corrected chi connectivity index (χ0v) is 10.8. The van der Waals surface area contributed by atoms with Gasteiger partial charge in [0.2, 0.25) is 0 Å². The second-order valence-corrected chi connectivity index (χ2v) is 4.83. The SMILES string of the molecule is C[C@@H](C(N)=O)[NH+](C)Cc1ccc2ccccc2c1. The molecular formula is C15H19N2O+. The summed E-state index contributed by atoms with van der Waals surface area (Å²) in [5.41, 5.74) is 6.54. The summed E-state index contributed by atoms with van der Waals surface area (Å²) in [7, 11) is 1.99. The number of nitrogens with one attached hydrogen (secondary N) is 1. The fraction of sp³-hybridized carbons (Fsp3) is 0.267. The Labute approximate surface area is 107 Å². The third kappa shape index (κ3) is 2.68. The van der Waals surface area contributed by atoms with E-state index in [0.717, 1.165) is 11.4 Å². The van der Waals surface area contributed by atoms with Crippen LogP contribution in [0.3, 0.4) is 0 Å². The molecule has 3 nitrogen and oxygen atoms in total.